The van der Waals surface area contributed by atoms with Gasteiger partial charge in [0, 0.05) is 12.3 Å². The Hall–Kier alpha value is -0.680. The van der Waals surface area contributed by atoms with E-state index in [0.717, 1.165) is 51.6 Å². The predicted molar refractivity (Wildman–Crippen MR) is 214 cm³/mol. The Bertz CT molecular complexity index is 1570. The summed E-state index contributed by atoms with van der Waals surface area (Å²) in [4.78, 5) is 0. The minimum atomic E-state index is -1.75. The molecule has 17 heteroatoms. The fourth-order valence-corrected chi connectivity index (χ4v) is 14.6. The lowest BCUT2D eigenvalue weighted by atomic mass is 9.44. The van der Waals surface area contributed by atoms with Crippen LogP contribution in [0.5, 0.6) is 0 Å². The van der Waals surface area contributed by atoms with Gasteiger partial charge in [-0.3, -0.25) is 0 Å². The zero-order valence-electron chi connectivity index (χ0n) is 37.0. The second-order valence-electron chi connectivity index (χ2n) is 21.6. The summed E-state index contributed by atoms with van der Waals surface area (Å²) in [7, 11) is 0. The van der Waals surface area contributed by atoms with Crippen molar-refractivity contribution in [3.63, 3.8) is 0 Å². The van der Waals surface area contributed by atoms with E-state index in [1.54, 1.807) is 0 Å². The predicted octanol–water partition coefficient (Wildman–Crippen LogP) is 0.292. The Morgan fingerprint density at radius 1 is 0.613 bits per heavy atom. The van der Waals surface area contributed by atoms with Crippen LogP contribution < -0.4 is 0 Å². The van der Waals surface area contributed by atoms with Gasteiger partial charge in [0.1, 0.15) is 61.0 Å². The van der Waals surface area contributed by atoms with Gasteiger partial charge in [-0.25, -0.2) is 0 Å². The molecule has 0 aromatic rings. The fourth-order valence-electron chi connectivity index (χ4n) is 14.6. The summed E-state index contributed by atoms with van der Waals surface area (Å²) >= 11 is 0. The molecule has 62 heavy (non-hydrogen) atoms. The second kappa shape index (κ2) is 17.1. The monoisotopic (exact) mass is 886 g/mol. The number of aliphatic hydroxyl groups excluding tert-OH is 9. The maximum absolute atomic E-state index is 12.1. The topological polar surface area (TPSA) is 256 Å². The van der Waals surface area contributed by atoms with Crippen LogP contribution in [0.4, 0.5) is 0 Å². The van der Waals surface area contributed by atoms with Crippen molar-refractivity contribution >= 4 is 0 Å². The molecule has 4 saturated carbocycles. The Balaban J connectivity index is 0.915. The molecule has 0 aromatic carbocycles. The number of aliphatic hydroxyl groups is 9. The van der Waals surface area contributed by atoms with Crippen molar-refractivity contribution in [1.82, 2.24) is 0 Å². The first-order valence-corrected chi connectivity index (χ1v) is 23.6. The molecule has 9 aliphatic rings. The number of fused-ring (bicyclic) bond motifs is 7. The van der Waals surface area contributed by atoms with E-state index in [1.165, 1.54) is 13.8 Å². The molecule has 5 saturated heterocycles. The van der Waals surface area contributed by atoms with Gasteiger partial charge < -0.3 is 83.9 Å². The van der Waals surface area contributed by atoms with E-state index in [4.69, 9.17) is 37.9 Å². The van der Waals surface area contributed by atoms with Gasteiger partial charge in [-0.1, -0.05) is 27.7 Å². The molecule has 0 unspecified atom stereocenters. The van der Waals surface area contributed by atoms with Gasteiger partial charge in [-0.15, -0.1) is 0 Å². The first kappa shape index (κ1) is 46.4. The number of rotatable bonds is 7. The Morgan fingerprint density at radius 3 is 1.87 bits per heavy atom. The highest BCUT2D eigenvalue weighted by Gasteiger charge is 2.69. The van der Waals surface area contributed by atoms with Crippen molar-refractivity contribution in [3.05, 3.63) is 0 Å². The highest BCUT2D eigenvalue weighted by atomic mass is 16.8. The Kier molecular flexibility index (Phi) is 12.8. The molecule has 9 N–H and O–H groups in total. The summed E-state index contributed by atoms with van der Waals surface area (Å²) in [5.41, 5.74) is 0.000556. The molecule has 28 atom stereocenters. The van der Waals surface area contributed by atoms with Crippen molar-refractivity contribution in [2.75, 3.05) is 13.2 Å². The summed E-state index contributed by atoms with van der Waals surface area (Å²) in [6.45, 7) is 12.5. The zero-order chi connectivity index (χ0) is 44.4. The van der Waals surface area contributed by atoms with Gasteiger partial charge in [-0.05, 0) is 112 Å². The quantitative estimate of drug-likeness (QED) is 0.156. The average Bonchev–Trinajstić information content (AvgIpc) is 3.69. The molecule has 17 nitrogen and oxygen atoms in total. The van der Waals surface area contributed by atoms with E-state index in [9.17, 15) is 46.0 Å². The lowest BCUT2D eigenvalue weighted by molar-refractivity contribution is -0.391. The Morgan fingerprint density at radius 2 is 1.26 bits per heavy atom. The molecule has 5 heterocycles. The lowest BCUT2D eigenvalue weighted by Crippen LogP contribution is -2.67. The molecule has 0 amide bonds. The van der Waals surface area contributed by atoms with E-state index in [2.05, 4.69) is 27.7 Å². The van der Waals surface area contributed by atoms with E-state index in [1.807, 2.05) is 0 Å². The smallest absolute Gasteiger partial charge is 0.187 e. The van der Waals surface area contributed by atoms with Crippen LogP contribution in [-0.4, -0.2) is 175 Å². The van der Waals surface area contributed by atoms with Crippen molar-refractivity contribution in [3.8, 4) is 0 Å². The first-order chi connectivity index (χ1) is 29.3. The van der Waals surface area contributed by atoms with Gasteiger partial charge in [0.25, 0.3) is 0 Å². The highest BCUT2D eigenvalue weighted by Crippen LogP contribution is 2.71. The minimum absolute atomic E-state index is 0.157. The van der Waals surface area contributed by atoms with Crippen LogP contribution in [0.1, 0.15) is 99.3 Å². The standard InChI is InChI=1S/C45H74O17/c1-18-9-12-45(55-17-18)19(2)30-28(62-45)14-25-23-8-7-22-13-27(26(47)15-44(22,6)24(23)10-11-43(25,30)5)58-42-39(61-41-36(53)34(51)32(49)21(4)57-41)37(54)38(29(16-46)59-42)60-40-35(52)33(50)31(48)20(3)56-40/h18-42,46-54H,7-17H2,1-6H3/t18-,19+,20+,21+,22+,23-,24+,25+,26-,27-,28+,29-,30+,31+,32+,33-,34-,35-,36-,37+,38+,39-,40+,41+,42-,43+,44+,45-/m1/s1. The minimum Gasteiger partial charge on any atom is -0.394 e. The first-order valence-electron chi connectivity index (χ1n) is 23.6. The molecular weight excluding hydrogens is 812 g/mol. The van der Waals surface area contributed by atoms with Crippen LogP contribution in [-0.2, 0) is 37.9 Å². The van der Waals surface area contributed by atoms with E-state index >= 15 is 0 Å². The SMILES string of the molecule is C[C@@H]1CC[C@@]2(OC1)O[C@H]1C[C@H]3[C@@H]4CC[C@H]5C[C@@H](O[C@@H]6O[C@H](CO)[C@H](O[C@@H]7O[C@@H](C)[C@H](O)[C@@H](O)[C@H]7O)[C@H](O)[C@H]6O[C@@H]6O[C@@H](C)[C@H](O)[C@@H](O)[C@H]6O)[C@H](O)C[C@]5(C)[C@H]4CC[C@]3(C)[C@H]1[C@@H]2C. The van der Waals surface area contributed by atoms with Crippen molar-refractivity contribution < 1.29 is 83.9 Å². The van der Waals surface area contributed by atoms with Crippen LogP contribution in [0, 0.1) is 52.3 Å². The van der Waals surface area contributed by atoms with E-state index in [0.29, 0.717) is 48.3 Å². The van der Waals surface area contributed by atoms with Crippen LogP contribution in [0.25, 0.3) is 0 Å². The molecule has 0 aromatic heterocycles. The van der Waals surface area contributed by atoms with Gasteiger partial charge in [0.15, 0.2) is 24.7 Å². The molecule has 9 rings (SSSR count). The average molecular weight is 887 g/mol. The van der Waals surface area contributed by atoms with E-state index in [-0.39, 0.29) is 22.9 Å². The molecule has 1 spiro atoms. The van der Waals surface area contributed by atoms with Crippen LogP contribution in [0.3, 0.4) is 0 Å². The number of hydrogen-bond acceptors (Lipinski definition) is 17. The van der Waals surface area contributed by atoms with Gasteiger partial charge >= 0.3 is 0 Å². The third-order valence-electron chi connectivity index (χ3n) is 18.2. The molecular formula is C45H74O17. The van der Waals surface area contributed by atoms with Gasteiger partial charge in [0.2, 0.25) is 0 Å². The summed E-state index contributed by atoms with van der Waals surface area (Å²) in [5, 5.41) is 98.0. The maximum atomic E-state index is 12.1. The summed E-state index contributed by atoms with van der Waals surface area (Å²) in [6, 6.07) is 0. The lowest BCUT2D eigenvalue weighted by Gasteiger charge is -2.62. The zero-order valence-corrected chi connectivity index (χ0v) is 37.0. The summed E-state index contributed by atoms with van der Waals surface area (Å²) < 4.78 is 49.9. The number of hydrogen-bond donors (Lipinski definition) is 9. The van der Waals surface area contributed by atoms with E-state index < -0.39 is 117 Å². The molecule has 4 aliphatic carbocycles. The molecule has 356 valence electrons. The Labute approximate surface area is 364 Å². The van der Waals surface area contributed by atoms with Gasteiger partial charge in [0.05, 0.1) is 43.7 Å². The number of ether oxygens (including phenoxy) is 8. The van der Waals surface area contributed by atoms with Crippen molar-refractivity contribution in [2.45, 2.75) is 216 Å². The summed E-state index contributed by atoms with van der Waals surface area (Å²) in [6.07, 6.45) is -15.4. The fraction of sp³-hybridized carbons (Fsp3) is 1.00. The molecule has 0 bridgehead atoms. The van der Waals surface area contributed by atoms with Gasteiger partial charge in [-0.2, -0.15) is 0 Å². The van der Waals surface area contributed by atoms with Crippen LogP contribution >= 0.6 is 0 Å². The van der Waals surface area contributed by atoms with Crippen molar-refractivity contribution in [1.29, 1.82) is 0 Å². The largest absolute Gasteiger partial charge is 0.394 e. The maximum Gasteiger partial charge on any atom is 0.187 e. The summed E-state index contributed by atoms with van der Waals surface area (Å²) in [5.74, 6) is 2.55. The highest BCUT2D eigenvalue weighted by molar-refractivity contribution is 5.16. The van der Waals surface area contributed by atoms with Crippen LogP contribution in [0.2, 0.25) is 0 Å². The third kappa shape index (κ3) is 7.47. The molecule has 5 aliphatic heterocycles. The van der Waals surface area contributed by atoms with Crippen LogP contribution in [0.15, 0.2) is 0 Å². The third-order valence-corrected chi connectivity index (χ3v) is 18.2. The second-order valence-corrected chi connectivity index (χ2v) is 21.6. The molecule has 0 radical (unpaired) electrons. The normalized spacial score (nSPS) is 60.1. The van der Waals surface area contributed by atoms with Crippen molar-refractivity contribution in [2.24, 2.45) is 52.3 Å². The molecule has 9 fully saturated rings.